The maximum absolute atomic E-state index is 5.98. The minimum Gasteiger partial charge on any atom is -0.327 e. The summed E-state index contributed by atoms with van der Waals surface area (Å²) in [5.74, 6) is 0.907. The molecular formula is C13H23N. The van der Waals surface area contributed by atoms with Gasteiger partial charge in [0, 0.05) is 6.04 Å². The van der Waals surface area contributed by atoms with E-state index in [0.717, 1.165) is 5.92 Å². The molecule has 2 atom stereocenters. The van der Waals surface area contributed by atoms with E-state index >= 15 is 0 Å². The van der Waals surface area contributed by atoms with E-state index in [1.165, 1.54) is 51.4 Å². The van der Waals surface area contributed by atoms with Crippen molar-refractivity contribution in [3.05, 3.63) is 11.1 Å². The minimum absolute atomic E-state index is 0.469. The van der Waals surface area contributed by atoms with E-state index in [-0.39, 0.29) is 0 Å². The second kappa shape index (κ2) is 4.48. The molecule has 80 valence electrons. The second-order valence-corrected chi connectivity index (χ2v) is 4.98. The average Bonchev–Trinajstić information content (AvgIpc) is 2.65. The lowest BCUT2D eigenvalue weighted by Crippen LogP contribution is -2.15. The number of hydrogen-bond acceptors (Lipinski definition) is 1. The Morgan fingerprint density at radius 2 is 2.07 bits per heavy atom. The van der Waals surface area contributed by atoms with Crippen LogP contribution in [0.25, 0.3) is 0 Å². The molecule has 0 aromatic carbocycles. The van der Waals surface area contributed by atoms with E-state index in [9.17, 15) is 0 Å². The third-order valence-electron chi connectivity index (χ3n) is 4.01. The van der Waals surface area contributed by atoms with E-state index in [1.807, 2.05) is 5.57 Å². The average molecular weight is 193 g/mol. The Morgan fingerprint density at radius 3 is 2.71 bits per heavy atom. The molecule has 2 unspecified atom stereocenters. The van der Waals surface area contributed by atoms with E-state index < -0.39 is 0 Å². The fraction of sp³-hybridized carbons (Fsp3) is 0.846. The fourth-order valence-electron chi connectivity index (χ4n) is 3.17. The maximum atomic E-state index is 5.98. The van der Waals surface area contributed by atoms with Gasteiger partial charge in [-0.25, -0.2) is 0 Å². The van der Waals surface area contributed by atoms with Gasteiger partial charge in [-0.05, 0) is 50.9 Å². The number of nitrogens with two attached hydrogens (primary N) is 1. The molecule has 0 saturated heterocycles. The molecule has 14 heavy (non-hydrogen) atoms. The summed E-state index contributed by atoms with van der Waals surface area (Å²) in [6.45, 7) is 2.34. The molecule has 2 saturated carbocycles. The highest BCUT2D eigenvalue weighted by atomic mass is 14.6. The van der Waals surface area contributed by atoms with Gasteiger partial charge in [0.15, 0.2) is 0 Å². The number of hydrogen-bond donors (Lipinski definition) is 1. The van der Waals surface area contributed by atoms with Crippen LogP contribution in [0.5, 0.6) is 0 Å². The summed E-state index contributed by atoms with van der Waals surface area (Å²) in [6, 6.07) is 0.469. The van der Waals surface area contributed by atoms with Crippen LogP contribution in [-0.2, 0) is 0 Å². The van der Waals surface area contributed by atoms with Crippen molar-refractivity contribution >= 4 is 0 Å². The Morgan fingerprint density at radius 1 is 1.21 bits per heavy atom. The molecule has 0 aliphatic heterocycles. The first kappa shape index (κ1) is 10.2. The molecule has 0 bridgehead atoms. The van der Waals surface area contributed by atoms with Gasteiger partial charge < -0.3 is 5.73 Å². The zero-order valence-corrected chi connectivity index (χ0v) is 9.39. The maximum Gasteiger partial charge on any atom is 0.00792 e. The van der Waals surface area contributed by atoms with Gasteiger partial charge >= 0.3 is 0 Å². The zero-order valence-electron chi connectivity index (χ0n) is 9.39. The van der Waals surface area contributed by atoms with Crippen LogP contribution < -0.4 is 5.73 Å². The van der Waals surface area contributed by atoms with Crippen LogP contribution in [0.4, 0.5) is 0 Å². The normalized spacial score (nSPS) is 39.0. The molecule has 0 radical (unpaired) electrons. The largest absolute Gasteiger partial charge is 0.327 e. The van der Waals surface area contributed by atoms with Gasteiger partial charge in [-0.2, -0.15) is 0 Å². The monoisotopic (exact) mass is 193 g/mol. The molecule has 0 aromatic heterocycles. The van der Waals surface area contributed by atoms with Crippen molar-refractivity contribution in [2.24, 2.45) is 11.7 Å². The summed E-state index contributed by atoms with van der Waals surface area (Å²) < 4.78 is 0. The standard InChI is InChI=1S/C13H23N/c1-2-10-5-3-4-6-13(10)11-7-8-12(14)9-11/h10,12H,2-9,14H2,1H3. The summed E-state index contributed by atoms with van der Waals surface area (Å²) in [7, 11) is 0. The molecule has 0 heterocycles. The van der Waals surface area contributed by atoms with Gasteiger partial charge in [-0.1, -0.05) is 24.5 Å². The quantitative estimate of drug-likeness (QED) is 0.635. The molecule has 2 rings (SSSR count). The van der Waals surface area contributed by atoms with Crippen LogP contribution in [0.2, 0.25) is 0 Å². The molecule has 0 aromatic rings. The molecule has 2 aliphatic rings. The van der Waals surface area contributed by atoms with Crippen molar-refractivity contribution in [3.8, 4) is 0 Å². The van der Waals surface area contributed by atoms with Crippen LogP contribution in [0.3, 0.4) is 0 Å². The van der Waals surface area contributed by atoms with Crippen molar-refractivity contribution in [1.29, 1.82) is 0 Å². The lowest BCUT2D eigenvalue weighted by atomic mass is 9.80. The van der Waals surface area contributed by atoms with E-state index in [0.29, 0.717) is 6.04 Å². The van der Waals surface area contributed by atoms with E-state index in [4.69, 9.17) is 5.73 Å². The Hall–Kier alpha value is -0.300. The van der Waals surface area contributed by atoms with Crippen molar-refractivity contribution in [2.45, 2.75) is 64.3 Å². The molecule has 2 fully saturated rings. The van der Waals surface area contributed by atoms with Crippen LogP contribution >= 0.6 is 0 Å². The zero-order chi connectivity index (χ0) is 9.97. The van der Waals surface area contributed by atoms with Crippen LogP contribution in [0.15, 0.2) is 11.1 Å². The Labute approximate surface area is 87.8 Å². The highest BCUT2D eigenvalue weighted by molar-refractivity contribution is 5.22. The minimum atomic E-state index is 0.469. The molecule has 1 heteroatoms. The van der Waals surface area contributed by atoms with E-state index in [1.54, 1.807) is 5.57 Å². The highest BCUT2D eigenvalue weighted by Crippen LogP contribution is 2.38. The molecule has 1 nitrogen and oxygen atoms in total. The first-order valence-electron chi connectivity index (χ1n) is 6.27. The van der Waals surface area contributed by atoms with Crippen LogP contribution in [-0.4, -0.2) is 6.04 Å². The summed E-state index contributed by atoms with van der Waals surface area (Å²) in [5, 5.41) is 0. The van der Waals surface area contributed by atoms with Gasteiger partial charge in [0.25, 0.3) is 0 Å². The number of rotatable bonds is 1. The predicted octanol–water partition coefficient (Wildman–Crippen LogP) is 3.39. The van der Waals surface area contributed by atoms with Gasteiger partial charge in [-0.3, -0.25) is 0 Å². The first-order valence-corrected chi connectivity index (χ1v) is 6.27. The fourth-order valence-corrected chi connectivity index (χ4v) is 3.17. The van der Waals surface area contributed by atoms with Crippen LogP contribution in [0.1, 0.15) is 58.3 Å². The van der Waals surface area contributed by atoms with Gasteiger partial charge in [-0.15, -0.1) is 0 Å². The first-order chi connectivity index (χ1) is 6.81. The molecule has 0 amide bonds. The smallest absolute Gasteiger partial charge is 0.00792 e. The predicted molar refractivity (Wildman–Crippen MR) is 61.1 cm³/mol. The Balaban J connectivity index is 2.12. The highest BCUT2D eigenvalue weighted by Gasteiger charge is 2.24. The second-order valence-electron chi connectivity index (χ2n) is 4.98. The Bertz CT molecular complexity index is 229. The summed E-state index contributed by atoms with van der Waals surface area (Å²) in [5.41, 5.74) is 9.54. The summed E-state index contributed by atoms with van der Waals surface area (Å²) in [6.07, 6.45) is 10.7. The summed E-state index contributed by atoms with van der Waals surface area (Å²) >= 11 is 0. The van der Waals surface area contributed by atoms with Crippen molar-refractivity contribution in [2.75, 3.05) is 0 Å². The van der Waals surface area contributed by atoms with Gasteiger partial charge in [0.2, 0.25) is 0 Å². The van der Waals surface area contributed by atoms with Crippen molar-refractivity contribution in [3.63, 3.8) is 0 Å². The topological polar surface area (TPSA) is 26.0 Å². The lowest BCUT2D eigenvalue weighted by molar-refractivity contribution is 0.436. The van der Waals surface area contributed by atoms with Gasteiger partial charge in [0.1, 0.15) is 0 Å². The van der Waals surface area contributed by atoms with Gasteiger partial charge in [0.05, 0.1) is 0 Å². The van der Waals surface area contributed by atoms with Crippen LogP contribution in [0, 0.1) is 5.92 Å². The Kier molecular flexibility index (Phi) is 3.27. The number of allylic oxidation sites excluding steroid dienone is 1. The lowest BCUT2D eigenvalue weighted by Gasteiger charge is -2.26. The third-order valence-corrected chi connectivity index (χ3v) is 4.01. The summed E-state index contributed by atoms with van der Waals surface area (Å²) in [4.78, 5) is 0. The molecule has 2 aliphatic carbocycles. The molecular weight excluding hydrogens is 170 g/mol. The SMILES string of the molecule is CCC1CCCCC1=C1CCC(N)C1. The van der Waals surface area contributed by atoms with Crippen molar-refractivity contribution in [1.82, 2.24) is 0 Å². The third kappa shape index (κ3) is 2.03. The van der Waals surface area contributed by atoms with Crippen molar-refractivity contribution < 1.29 is 0 Å². The molecule has 2 N–H and O–H groups in total. The van der Waals surface area contributed by atoms with E-state index in [2.05, 4.69) is 6.92 Å². The molecule has 0 spiro atoms.